The maximum atomic E-state index is 10.2. The van der Waals surface area contributed by atoms with Crippen molar-refractivity contribution in [3.05, 3.63) is 9.26 Å². The minimum Gasteiger partial charge on any atom is -0.391 e. The molecule has 0 bridgehead atoms. The van der Waals surface area contributed by atoms with Gasteiger partial charge in [-0.1, -0.05) is 33.6 Å². The number of aromatic nitrogens is 2. The van der Waals surface area contributed by atoms with E-state index in [0.717, 1.165) is 41.4 Å². The fraction of sp³-hybridized carbons (Fsp3) is 0.786. The Hall–Kier alpha value is -0.300. The summed E-state index contributed by atoms with van der Waals surface area (Å²) in [5.74, 6) is 0.714. The van der Waals surface area contributed by atoms with Crippen LogP contribution in [0.3, 0.4) is 0 Å². The summed E-state index contributed by atoms with van der Waals surface area (Å²) in [6, 6.07) is 0.0518. The highest BCUT2D eigenvalue weighted by molar-refractivity contribution is 14.1. The van der Waals surface area contributed by atoms with E-state index in [1.165, 1.54) is 0 Å². The molecule has 108 valence electrons. The summed E-state index contributed by atoms with van der Waals surface area (Å²) >= 11 is 2.28. The van der Waals surface area contributed by atoms with Gasteiger partial charge < -0.3 is 10.8 Å². The van der Waals surface area contributed by atoms with Gasteiger partial charge in [0.2, 0.25) is 0 Å². The van der Waals surface area contributed by atoms with Gasteiger partial charge in [-0.05, 0) is 47.3 Å². The molecule has 2 rings (SSSR count). The van der Waals surface area contributed by atoms with Crippen molar-refractivity contribution in [1.82, 2.24) is 9.78 Å². The van der Waals surface area contributed by atoms with Gasteiger partial charge in [0.05, 0.1) is 21.4 Å². The van der Waals surface area contributed by atoms with Crippen molar-refractivity contribution in [2.75, 3.05) is 5.73 Å². The molecule has 0 saturated heterocycles. The highest BCUT2D eigenvalue weighted by atomic mass is 127. The molecule has 0 spiro atoms. The number of hydrogen-bond acceptors (Lipinski definition) is 3. The summed E-state index contributed by atoms with van der Waals surface area (Å²) in [6.45, 7) is 6.61. The number of hydrogen-bond donors (Lipinski definition) is 2. The lowest BCUT2D eigenvalue weighted by Crippen LogP contribution is -2.29. The third kappa shape index (κ3) is 3.42. The van der Waals surface area contributed by atoms with E-state index in [0.29, 0.717) is 5.82 Å². The lowest BCUT2D eigenvalue weighted by Gasteiger charge is -2.28. The van der Waals surface area contributed by atoms with Gasteiger partial charge in [0.15, 0.2) is 0 Å². The van der Waals surface area contributed by atoms with Gasteiger partial charge in [0.1, 0.15) is 5.82 Å². The number of nitrogens with two attached hydrogens (primary N) is 1. The second kappa shape index (κ2) is 5.60. The fourth-order valence-electron chi connectivity index (χ4n) is 2.72. The first-order valence-corrected chi connectivity index (χ1v) is 8.08. The minimum atomic E-state index is -0.311. The van der Waals surface area contributed by atoms with Crippen LogP contribution in [0.5, 0.6) is 0 Å². The lowest BCUT2D eigenvalue weighted by molar-refractivity contribution is 0.0703. The van der Waals surface area contributed by atoms with Crippen molar-refractivity contribution in [2.45, 2.75) is 65.0 Å². The first-order chi connectivity index (χ1) is 8.79. The Morgan fingerprint density at radius 2 is 2.00 bits per heavy atom. The Balaban J connectivity index is 2.29. The smallest absolute Gasteiger partial charge is 0.135 e. The SMILES string of the molecule is CC(C)(C)Cc1nn(C2CCCCC2O)c(N)c1I. The molecule has 0 radical (unpaired) electrons. The van der Waals surface area contributed by atoms with Crippen molar-refractivity contribution in [3.8, 4) is 0 Å². The largest absolute Gasteiger partial charge is 0.391 e. The molecule has 2 unspecified atom stereocenters. The molecule has 4 nitrogen and oxygen atoms in total. The molecule has 0 aromatic carbocycles. The van der Waals surface area contributed by atoms with Crippen LogP contribution in [0.25, 0.3) is 0 Å². The van der Waals surface area contributed by atoms with Crippen molar-refractivity contribution in [2.24, 2.45) is 5.41 Å². The van der Waals surface area contributed by atoms with Crippen molar-refractivity contribution < 1.29 is 5.11 Å². The second-order valence-corrected chi connectivity index (χ2v) is 7.83. The number of halogens is 1. The summed E-state index contributed by atoms with van der Waals surface area (Å²) in [6.07, 6.45) is 4.67. The number of nitrogens with zero attached hydrogens (tertiary/aromatic N) is 2. The normalized spacial score (nSPS) is 24.7. The second-order valence-electron chi connectivity index (χ2n) is 6.75. The van der Waals surface area contributed by atoms with E-state index in [1.54, 1.807) is 0 Å². The molecule has 1 heterocycles. The van der Waals surface area contributed by atoms with Crippen LogP contribution in [0.4, 0.5) is 5.82 Å². The Morgan fingerprint density at radius 1 is 1.37 bits per heavy atom. The molecule has 5 heteroatoms. The maximum Gasteiger partial charge on any atom is 0.135 e. The molecule has 0 amide bonds. The first kappa shape index (κ1) is 15.1. The summed E-state index contributed by atoms with van der Waals surface area (Å²) < 4.78 is 2.91. The van der Waals surface area contributed by atoms with Crippen LogP contribution in [0.15, 0.2) is 0 Å². The molecule has 2 atom stereocenters. The average Bonchev–Trinajstić information content (AvgIpc) is 2.56. The molecular formula is C14H24IN3O. The number of aliphatic hydroxyl groups is 1. The van der Waals surface area contributed by atoms with Gasteiger partial charge in [-0.2, -0.15) is 5.10 Å². The Morgan fingerprint density at radius 3 is 2.58 bits per heavy atom. The van der Waals surface area contributed by atoms with Crippen molar-refractivity contribution in [1.29, 1.82) is 0 Å². The Labute approximate surface area is 128 Å². The van der Waals surface area contributed by atoms with Crippen LogP contribution < -0.4 is 5.73 Å². The molecule has 1 aromatic rings. The molecule has 1 fully saturated rings. The van der Waals surface area contributed by atoms with Gasteiger partial charge in [-0.25, -0.2) is 4.68 Å². The van der Waals surface area contributed by atoms with Crippen LogP contribution in [-0.2, 0) is 6.42 Å². The van der Waals surface area contributed by atoms with Gasteiger partial charge in [-0.3, -0.25) is 0 Å². The summed E-state index contributed by atoms with van der Waals surface area (Å²) in [5.41, 5.74) is 7.45. The van der Waals surface area contributed by atoms with E-state index < -0.39 is 0 Å². The molecular weight excluding hydrogens is 353 g/mol. The van der Waals surface area contributed by atoms with Gasteiger partial charge in [0, 0.05) is 0 Å². The highest BCUT2D eigenvalue weighted by Crippen LogP contribution is 2.34. The van der Waals surface area contributed by atoms with E-state index in [2.05, 4.69) is 43.4 Å². The molecule has 0 aliphatic heterocycles. The van der Waals surface area contributed by atoms with Crippen LogP contribution in [-0.4, -0.2) is 21.0 Å². The first-order valence-electron chi connectivity index (χ1n) is 7.00. The maximum absolute atomic E-state index is 10.2. The standard InChI is InChI=1S/C14H24IN3O/c1-14(2,3)8-9-12(15)13(16)18(17-9)10-6-4-5-7-11(10)19/h10-11,19H,4-8,16H2,1-3H3. The summed E-state index contributed by atoms with van der Waals surface area (Å²) in [4.78, 5) is 0. The van der Waals surface area contributed by atoms with E-state index in [1.807, 2.05) is 4.68 Å². The monoisotopic (exact) mass is 377 g/mol. The molecule has 3 N–H and O–H groups in total. The summed E-state index contributed by atoms with van der Waals surface area (Å²) in [5, 5.41) is 14.9. The van der Waals surface area contributed by atoms with Crippen LogP contribution in [0.2, 0.25) is 0 Å². The quantitative estimate of drug-likeness (QED) is 0.779. The molecule has 1 aliphatic rings. The number of rotatable bonds is 2. The zero-order valence-electron chi connectivity index (χ0n) is 12.0. The molecule has 1 aliphatic carbocycles. The van der Waals surface area contributed by atoms with Crippen molar-refractivity contribution in [3.63, 3.8) is 0 Å². The molecule has 1 aromatic heterocycles. The van der Waals surface area contributed by atoms with E-state index in [4.69, 9.17) is 10.8 Å². The Bertz CT molecular complexity index is 450. The van der Waals surface area contributed by atoms with E-state index in [9.17, 15) is 5.11 Å². The predicted octanol–water partition coefficient (Wildman–Crippen LogP) is 3.13. The van der Waals surface area contributed by atoms with E-state index in [-0.39, 0.29) is 17.6 Å². The predicted molar refractivity (Wildman–Crippen MR) is 86.0 cm³/mol. The topological polar surface area (TPSA) is 64.1 Å². The van der Waals surface area contributed by atoms with Crippen molar-refractivity contribution >= 4 is 28.4 Å². The average molecular weight is 377 g/mol. The number of aliphatic hydroxyl groups excluding tert-OH is 1. The molecule has 1 saturated carbocycles. The third-order valence-corrected chi connectivity index (χ3v) is 4.83. The van der Waals surface area contributed by atoms with E-state index >= 15 is 0 Å². The fourth-order valence-corrected chi connectivity index (χ4v) is 3.27. The lowest BCUT2D eigenvalue weighted by atomic mass is 9.91. The third-order valence-electron chi connectivity index (χ3n) is 3.66. The number of nitrogen functional groups attached to an aromatic ring is 1. The molecule has 19 heavy (non-hydrogen) atoms. The van der Waals surface area contributed by atoms with Crippen LogP contribution >= 0.6 is 22.6 Å². The zero-order valence-corrected chi connectivity index (χ0v) is 14.1. The van der Waals surface area contributed by atoms with Gasteiger partial charge in [-0.15, -0.1) is 0 Å². The Kier molecular flexibility index (Phi) is 4.45. The highest BCUT2D eigenvalue weighted by Gasteiger charge is 2.29. The van der Waals surface area contributed by atoms with Gasteiger partial charge in [0.25, 0.3) is 0 Å². The minimum absolute atomic E-state index is 0.0518. The van der Waals surface area contributed by atoms with Gasteiger partial charge >= 0.3 is 0 Å². The summed E-state index contributed by atoms with van der Waals surface area (Å²) in [7, 11) is 0. The van der Waals surface area contributed by atoms with Crippen LogP contribution in [0.1, 0.15) is 58.2 Å². The zero-order chi connectivity index (χ0) is 14.2. The number of anilines is 1. The van der Waals surface area contributed by atoms with Crippen LogP contribution in [0, 0.1) is 8.99 Å².